The number of rotatable bonds is 11. The van der Waals surface area contributed by atoms with Crippen LogP contribution in [0.4, 0.5) is 4.39 Å². The van der Waals surface area contributed by atoms with Crippen LogP contribution in [0.2, 0.25) is 0 Å². The summed E-state index contributed by atoms with van der Waals surface area (Å²) in [5, 5.41) is 19.5. The van der Waals surface area contributed by atoms with Gasteiger partial charge >= 0.3 is 5.97 Å². The van der Waals surface area contributed by atoms with Gasteiger partial charge in [0.15, 0.2) is 11.3 Å². The number of carbonyl (C=O) groups excluding carboxylic acids is 1. The highest BCUT2D eigenvalue weighted by Gasteiger charge is 2.28. The molecular formula is C25H28BFN2O6. The molecule has 0 aliphatic heterocycles. The van der Waals surface area contributed by atoms with Crippen molar-refractivity contribution in [1.82, 2.24) is 9.55 Å². The second kappa shape index (κ2) is 11.9. The Kier molecular flexibility index (Phi) is 9.00. The van der Waals surface area contributed by atoms with Crippen molar-refractivity contribution in [3.8, 4) is 5.75 Å². The van der Waals surface area contributed by atoms with Crippen LogP contribution in [0.25, 0.3) is 11.0 Å². The molecule has 0 fully saturated rings. The van der Waals surface area contributed by atoms with Gasteiger partial charge < -0.3 is 24.3 Å². The maximum absolute atomic E-state index is 13.5. The highest BCUT2D eigenvalue weighted by molar-refractivity contribution is 6.39. The molecule has 3 aromatic rings. The average molecular weight is 482 g/mol. The van der Waals surface area contributed by atoms with Crippen LogP contribution in [0.5, 0.6) is 5.75 Å². The minimum Gasteiger partial charge on any atom is -0.490 e. The fourth-order valence-corrected chi connectivity index (χ4v) is 3.69. The summed E-state index contributed by atoms with van der Waals surface area (Å²) in [5.74, 6) is -1.29. The predicted octanol–water partition coefficient (Wildman–Crippen LogP) is 1.63. The lowest BCUT2D eigenvalue weighted by Crippen LogP contribution is -2.36. The SMILES string of the molecule is [B]c1c(Cc2ccc(F)cc2)cnc2c(OCCCC)c(C(=O)OCC)c(=O)n(C[C@@H](O)CO)c12. The second-order valence-corrected chi connectivity index (χ2v) is 8.08. The van der Waals surface area contributed by atoms with Gasteiger partial charge in [0.25, 0.3) is 5.56 Å². The first-order valence-corrected chi connectivity index (χ1v) is 11.5. The Labute approximate surface area is 203 Å². The van der Waals surface area contributed by atoms with Gasteiger partial charge in [-0.1, -0.05) is 30.9 Å². The smallest absolute Gasteiger partial charge is 0.347 e. The second-order valence-electron chi connectivity index (χ2n) is 8.08. The van der Waals surface area contributed by atoms with E-state index in [1.807, 2.05) is 6.92 Å². The van der Waals surface area contributed by atoms with Crippen molar-refractivity contribution >= 4 is 30.3 Å². The lowest BCUT2D eigenvalue weighted by molar-refractivity contribution is 0.0516. The molecule has 35 heavy (non-hydrogen) atoms. The van der Waals surface area contributed by atoms with E-state index in [-0.39, 0.29) is 53.4 Å². The number of ether oxygens (including phenoxy) is 2. The number of aromatic nitrogens is 2. The molecule has 0 unspecified atom stereocenters. The van der Waals surface area contributed by atoms with E-state index in [9.17, 15) is 24.2 Å². The Bertz CT molecular complexity index is 1250. The fourth-order valence-electron chi connectivity index (χ4n) is 3.69. The largest absolute Gasteiger partial charge is 0.490 e. The summed E-state index contributed by atoms with van der Waals surface area (Å²) in [7, 11) is 6.50. The van der Waals surface area contributed by atoms with Crippen LogP contribution in [-0.2, 0) is 17.7 Å². The molecule has 2 heterocycles. The molecule has 0 spiro atoms. The van der Waals surface area contributed by atoms with Crippen LogP contribution in [0.15, 0.2) is 35.3 Å². The molecule has 2 N–H and O–H groups in total. The number of aliphatic hydroxyl groups is 2. The minimum absolute atomic E-state index is 0.0355. The molecule has 8 nitrogen and oxygen atoms in total. The maximum Gasteiger partial charge on any atom is 0.347 e. The normalized spacial score (nSPS) is 12.0. The minimum atomic E-state index is -1.29. The molecule has 3 rings (SSSR count). The van der Waals surface area contributed by atoms with Gasteiger partial charge in [0, 0.05) is 6.20 Å². The summed E-state index contributed by atoms with van der Waals surface area (Å²) >= 11 is 0. The van der Waals surface area contributed by atoms with Crippen molar-refractivity contribution < 1.29 is 28.9 Å². The molecule has 1 aromatic carbocycles. The summed E-state index contributed by atoms with van der Waals surface area (Å²) in [5.41, 5.74) is 0.722. The summed E-state index contributed by atoms with van der Waals surface area (Å²) < 4.78 is 25.4. The molecule has 0 bridgehead atoms. The Morgan fingerprint density at radius 1 is 1.26 bits per heavy atom. The highest BCUT2D eigenvalue weighted by atomic mass is 19.1. The monoisotopic (exact) mass is 482 g/mol. The number of esters is 1. The van der Waals surface area contributed by atoms with Gasteiger partial charge in [-0.05, 0) is 43.0 Å². The van der Waals surface area contributed by atoms with E-state index in [2.05, 4.69) is 4.98 Å². The molecule has 0 saturated heterocycles. The van der Waals surface area contributed by atoms with E-state index in [0.29, 0.717) is 18.4 Å². The molecule has 0 saturated carbocycles. The van der Waals surface area contributed by atoms with Crippen molar-refractivity contribution in [3.63, 3.8) is 0 Å². The molecule has 10 heteroatoms. The van der Waals surface area contributed by atoms with Crippen molar-refractivity contribution in [1.29, 1.82) is 0 Å². The lowest BCUT2D eigenvalue weighted by atomic mass is 9.86. The van der Waals surface area contributed by atoms with Crippen molar-refractivity contribution in [2.75, 3.05) is 19.8 Å². The average Bonchev–Trinajstić information content (AvgIpc) is 2.84. The zero-order valence-electron chi connectivity index (χ0n) is 19.8. The number of hydrogen-bond donors (Lipinski definition) is 2. The topological polar surface area (TPSA) is 111 Å². The zero-order chi connectivity index (χ0) is 25.5. The molecule has 0 amide bonds. The van der Waals surface area contributed by atoms with E-state index in [4.69, 9.17) is 17.3 Å². The lowest BCUT2D eigenvalue weighted by Gasteiger charge is -2.21. The number of benzene rings is 1. The van der Waals surface area contributed by atoms with Crippen molar-refractivity contribution in [3.05, 3.63) is 63.3 Å². The van der Waals surface area contributed by atoms with Crippen LogP contribution in [0.3, 0.4) is 0 Å². The van der Waals surface area contributed by atoms with E-state index >= 15 is 0 Å². The Balaban J connectivity index is 2.29. The third kappa shape index (κ3) is 5.89. The van der Waals surface area contributed by atoms with E-state index < -0.39 is 24.2 Å². The Morgan fingerprint density at radius 3 is 2.60 bits per heavy atom. The number of hydrogen-bond acceptors (Lipinski definition) is 7. The number of carbonyl (C=O) groups is 1. The van der Waals surface area contributed by atoms with Gasteiger partial charge in [-0.15, -0.1) is 0 Å². The van der Waals surface area contributed by atoms with E-state index in [0.717, 1.165) is 16.6 Å². The fraction of sp³-hybridized carbons (Fsp3) is 0.400. The van der Waals surface area contributed by atoms with Crippen LogP contribution < -0.4 is 15.8 Å². The molecule has 2 radical (unpaired) electrons. The first-order valence-electron chi connectivity index (χ1n) is 11.5. The summed E-state index contributed by atoms with van der Waals surface area (Å²) in [6, 6.07) is 5.90. The first kappa shape index (κ1) is 26.4. The van der Waals surface area contributed by atoms with Crippen molar-refractivity contribution in [2.45, 2.75) is 45.8 Å². The standard InChI is InChI=1S/C25H28BFN2O6/c1-3-5-10-35-23-19(25(33)34-4-2)24(32)29(13-18(31)14-30)22-20(26)16(12-28-21(22)23)11-15-6-8-17(27)9-7-15/h6-9,12,18,30-31H,3-5,10-11,13-14H2,1-2H3/t18-/m1/s1. The van der Waals surface area contributed by atoms with Gasteiger partial charge in [0.1, 0.15) is 19.2 Å². The van der Waals surface area contributed by atoms with Crippen LogP contribution in [0, 0.1) is 5.82 Å². The van der Waals surface area contributed by atoms with Crippen LogP contribution in [0.1, 0.15) is 48.2 Å². The third-order valence-corrected chi connectivity index (χ3v) is 5.48. The summed E-state index contributed by atoms with van der Waals surface area (Å²) in [6.45, 7) is 2.91. The number of halogens is 1. The van der Waals surface area contributed by atoms with Gasteiger partial charge in [0.05, 0.1) is 38.0 Å². The van der Waals surface area contributed by atoms with Crippen molar-refractivity contribution in [2.24, 2.45) is 0 Å². The quantitative estimate of drug-likeness (QED) is 0.243. The molecule has 0 aliphatic carbocycles. The number of nitrogens with zero attached hydrogens (tertiary/aromatic N) is 2. The van der Waals surface area contributed by atoms with E-state index in [1.54, 1.807) is 19.1 Å². The molecule has 1 atom stereocenters. The van der Waals surface area contributed by atoms with Gasteiger partial charge in [-0.25, -0.2) is 9.18 Å². The molecule has 0 aliphatic rings. The molecular weight excluding hydrogens is 454 g/mol. The Hall–Kier alpha value is -3.24. The predicted molar refractivity (Wildman–Crippen MR) is 130 cm³/mol. The third-order valence-electron chi connectivity index (χ3n) is 5.48. The van der Waals surface area contributed by atoms with E-state index in [1.165, 1.54) is 18.3 Å². The first-order chi connectivity index (χ1) is 16.8. The zero-order valence-corrected chi connectivity index (χ0v) is 19.8. The maximum atomic E-state index is 13.5. The highest BCUT2D eigenvalue weighted by Crippen LogP contribution is 2.27. The molecule has 2 aromatic heterocycles. The number of pyridine rings is 2. The van der Waals surface area contributed by atoms with Crippen LogP contribution >= 0.6 is 0 Å². The van der Waals surface area contributed by atoms with Crippen LogP contribution in [-0.4, -0.2) is 59.5 Å². The Morgan fingerprint density at radius 2 is 1.97 bits per heavy atom. The molecule has 184 valence electrons. The number of unbranched alkanes of at least 4 members (excludes halogenated alkanes) is 1. The van der Waals surface area contributed by atoms with Gasteiger partial charge in [-0.2, -0.15) is 0 Å². The van der Waals surface area contributed by atoms with Gasteiger partial charge in [-0.3, -0.25) is 9.78 Å². The summed E-state index contributed by atoms with van der Waals surface area (Å²) in [4.78, 5) is 30.8. The summed E-state index contributed by atoms with van der Waals surface area (Å²) in [6.07, 6.45) is 2.02. The number of fused-ring (bicyclic) bond motifs is 1. The van der Waals surface area contributed by atoms with Gasteiger partial charge in [0.2, 0.25) is 0 Å². The number of aliphatic hydroxyl groups excluding tert-OH is 2.